The molecule has 0 aliphatic heterocycles. The molecule has 0 saturated heterocycles. The number of hydrogen-bond acceptors (Lipinski definition) is 4. The van der Waals surface area contributed by atoms with E-state index in [9.17, 15) is 9.59 Å². The first-order valence-electron chi connectivity index (χ1n) is 9.74. The molecule has 0 aromatic heterocycles. The molecule has 0 aromatic rings. The molecule has 0 aromatic carbocycles. The lowest BCUT2D eigenvalue weighted by atomic mass is 9.54. The molecule has 7 heteroatoms. The topological polar surface area (TPSA) is 84.7 Å². The molecule has 1 spiro atoms. The van der Waals surface area contributed by atoms with Crippen LogP contribution in [0.3, 0.4) is 0 Å². The second-order valence-corrected chi connectivity index (χ2v) is 7.98. The quantitative estimate of drug-likeness (QED) is 0.698. The molecule has 2 aliphatic carbocycles. The summed E-state index contributed by atoms with van der Waals surface area (Å²) < 4.78 is 5.96. The van der Waals surface area contributed by atoms with Crippen LogP contribution in [0.25, 0.3) is 0 Å². The molecule has 26 heavy (non-hydrogen) atoms. The zero-order chi connectivity index (χ0) is 18.6. The Balaban J connectivity index is 0.00000338. The number of rotatable bonds is 7. The highest BCUT2D eigenvalue weighted by Crippen LogP contribution is 2.55. The van der Waals surface area contributed by atoms with Gasteiger partial charge in [-0.05, 0) is 32.1 Å². The summed E-state index contributed by atoms with van der Waals surface area (Å²) in [6, 6.07) is -0.360. The molecule has 2 amide bonds. The number of ether oxygens (including phenoxy) is 1. The zero-order valence-corrected chi connectivity index (χ0v) is 17.4. The average molecular weight is 390 g/mol. The Morgan fingerprint density at radius 2 is 1.88 bits per heavy atom. The van der Waals surface area contributed by atoms with Crippen LogP contribution in [-0.4, -0.2) is 55.1 Å². The van der Waals surface area contributed by atoms with Crippen LogP contribution in [0, 0.1) is 11.3 Å². The van der Waals surface area contributed by atoms with Crippen LogP contribution in [0.4, 0.5) is 0 Å². The van der Waals surface area contributed by atoms with Gasteiger partial charge in [-0.3, -0.25) is 9.59 Å². The summed E-state index contributed by atoms with van der Waals surface area (Å²) in [7, 11) is 1.86. The van der Waals surface area contributed by atoms with Gasteiger partial charge < -0.3 is 20.7 Å². The number of halogens is 1. The molecule has 2 aliphatic rings. The number of hydrogen-bond donors (Lipinski definition) is 2. The number of nitrogens with zero attached hydrogens (tertiary/aromatic N) is 1. The van der Waals surface area contributed by atoms with E-state index in [0.29, 0.717) is 0 Å². The number of amides is 2. The van der Waals surface area contributed by atoms with E-state index in [1.165, 1.54) is 19.3 Å². The van der Waals surface area contributed by atoms with Crippen molar-refractivity contribution in [2.45, 2.75) is 77.5 Å². The molecule has 2 saturated carbocycles. The van der Waals surface area contributed by atoms with E-state index in [0.717, 1.165) is 25.9 Å². The van der Waals surface area contributed by atoms with E-state index in [1.807, 2.05) is 32.7 Å². The standard InChI is InChI=1S/C19H35N3O3.ClH/c1-5-25-15-11-14(19(15)9-7-6-8-10-19)22(4)16(23)12-21-18(24)17(20)13(2)3;/h13-15,17H,5-12,20H2,1-4H3,(H,21,24);1H/t14?,15?,17-;/m0./s1. The third-order valence-corrected chi connectivity index (χ3v) is 6.19. The fourth-order valence-electron chi connectivity index (χ4n) is 4.45. The van der Waals surface area contributed by atoms with Gasteiger partial charge in [0, 0.05) is 25.1 Å². The minimum atomic E-state index is -0.575. The largest absolute Gasteiger partial charge is 0.378 e. The Morgan fingerprint density at radius 3 is 2.42 bits per heavy atom. The Bertz CT molecular complexity index is 481. The van der Waals surface area contributed by atoms with Gasteiger partial charge in [-0.25, -0.2) is 0 Å². The number of nitrogens with two attached hydrogens (primary N) is 1. The van der Waals surface area contributed by atoms with E-state index in [-0.39, 0.29) is 54.2 Å². The van der Waals surface area contributed by atoms with Gasteiger partial charge in [-0.2, -0.15) is 0 Å². The van der Waals surface area contributed by atoms with Gasteiger partial charge in [0.25, 0.3) is 0 Å². The van der Waals surface area contributed by atoms with Gasteiger partial charge in [-0.1, -0.05) is 33.1 Å². The van der Waals surface area contributed by atoms with E-state index >= 15 is 0 Å². The van der Waals surface area contributed by atoms with Crippen molar-refractivity contribution < 1.29 is 14.3 Å². The van der Waals surface area contributed by atoms with E-state index in [4.69, 9.17) is 10.5 Å². The lowest BCUT2D eigenvalue weighted by Gasteiger charge is -2.60. The Labute approximate surface area is 164 Å². The number of likely N-dealkylation sites (N-methyl/N-ethyl adjacent to an activating group) is 1. The predicted octanol–water partition coefficient (Wildman–Crippen LogP) is 2.09. The number of carbonyl (C=O) groups excluding carboxylic acids is 2. The molecule has 0 bridgehead atoms. The molecule has 2 unspecified atom stereocenters. The summed E-state index contributed by atoms with van der Waals surface area (Å²) in [5, 5.41) is 2.69. The lowest BCUT2D eigenvalue weighted by molar-refractivity contribution is -0.184. The fraction of sp³-hybridized carbons (Fsp3) is 0.895. The van der Waals surface area contributed by atoms with Crippen molar-refractivity contribution in [2.75, 3.05) is 20.2 Å². The maximum absolute atomic E-state index is 12.6. The van der Waals surface area contributed by atoms with Gasteiger partial charge in [0.2, 0.25) is 11.8 Å². The Kier molecular flexibility index (Phi) is 8.83. The summed E-state index contributed by atoms with van der Waals surface area (Å²) in [6.45, 7) is 6.56. The zero-order valence-electron chi connectivity index (χ0n) is 16.6. The maximum atomic E-state index is 12.6. The average Bonchev–Trinajstić information content (AvgIpc) is 2.61. The van der Waals surface area contributed by atoms with E-state index in [1.54, 1.807) is 0 Å². The van der Waals surface area contributed by atoms with Crippen LogP contribution >= 0.6 is 12.4 Å². The molecule has 0 heterocycles. The van der Waals surface area contributed by atoms with Crippen molar-refractivity contribution >= 4 is 24.2 Å². The first-order chi connectivity index (χ1) is 11.8. The molecule has 0 radical (unpaired) electrons. The third kappa shape index (κ3) is 4.70. The summed E-state index contributed by atoms with van der Waals surface area (Å²) in [6.07, 6.45) is 7.12. The minimum Gasteiger partial charge on any atom is -0.378 e. The van der Waals surface area contributed by atoms with Gasteiger partial charge in [0.05, 0.1) is 18.7 Å². The van der Waals surface area contributed by atoms with Gasteiger partial charge in [0.15, 0.2) is 0 Å². The summed E-state index contributed by atoms with van der Waals surface area (Å²) in [5.41, 5.74) is 5.94. The molecule has 2 rings (SSSR count). The summed E-state index contributed by atoms with van der Waals surface area (Å²) in [4.78, 5) is 26.4. The molecule has 2 fully saturated rings. The fourth-order valence-corrected chi connectivity index (χ4v) is 4.45. The van der Waals surface area contributed by atoms with Crippen molar-refractivity contribution in [1.82, 2.24) is 10.2 Å². The highest BCUT2D eigenvalue weighted by molar-refractivity contribution is 5.87. The molecule has 3 atom stereocenters. The van der Waals surface area contributed by atoms with Crippen LogP contribution in [0.2, 0.25) is 0 Å². The first-order valence-corrected chi connectivity index (χ1v) is 9.74. The predicted molar refractivity (Wildman–Crippen MR) is 105 cm³/mol. The van der Waals surface area contributed by atoms with Crippen molar-refractivity contribution in [3.8, 4) is 0 Å². The number of carbonyl (C=O) groups is 2. The Hall–Kier alpha value is -0.850. The lowest BCUT2D eigenvalue weighted by Crippen LogP contribution is -2.66. The molecule has 6 nitrogen and oxygen atoms in total. The van der Waals surface area contributed by atoms with E-state index < -0.39 is 6.04 Å². The highest BCUT2D eigenvalue weighted by atomic mass is 35.5. The third-order valence-electron chi connectivity index (χ3n) is 6.19. The van der Waals surface area contributed by atoms with Crippen LogP contribution in [0.15, 0.2) is 0 Å². The van der Waals surface area contributed by atoms with Gasteiger partial charge >= 0.3 is 0 Å². The monoisotopic (exact) mass is 389 g/mol. The van der Waals surface area contributed by atoms with Crippen molar-refractivity contribution in [3.05, 3.63) is 0 Å². The molecular weight excluding hydrogens is 354 g/mol. The van der Waals surface area contributed by atoms with Crippen LogP contribution < -0.4 is 11.1 Å². The summed E-state index contributed by atoms with van der Waals surface area (Å²) in [5.74, 6) is -0.254. The SMILES string of the molecule is CCOC1CC(N(C)C(=O)CNC(=O)[C@@H](N)C(C)C)C12CCCCC2.Cl. The van der Waals surface area contributed by atoms with Crippen LogP contribution in [-0.2, 0) is 14.3 Å². The summed E-state index contributed by atoms with van der Waals surface area (Å²) >= 11 is 0. The molecule has 152 valence electrons. The molecule has 3 N–H and O–H groups in total. The Morgan fingerprint density at radius 1 is 1.27 bits per heavy atom. The highest BCUT2D eigenvalue weighted by Gasteiger charge is 2.57. The second kappa shape index (κ2) is 9.90. The first kappa shape index (κ1) is 23.2. The normalized spacial score (nSPS) is 25.2. The molecular formula is C19H36ClN3O3. The smallest absolute Gasteiger partial charge is 0.241 e. The van der Waals surface area contributed by atoms with Gasteiger partial charge in [0.1, 0.15) is 0 Å². The maximum Gasteiger partial charge on any atom is 0.241 e. The van der Waals surface area contributed by atoms with Crippen LogP contribution in [0.5, 0.6) is 0 Å². The number of nitrogens with one attached hydrogen (secondary N) is 1. The van der Waals surface area contributed by atoms with Crippen molar-refractivity contribution in [1.29, 1.82) is 0 Å². The van der Waals surface area contributed by atoms with Crippen molar-refractivity contribution in [2.24, 2.45) is 17.1 Å². The second-order valence-electron chi connectivity index (χ2n) is 7.98. The van der Waals surface area contributed by atoms with Crippen molar-refractivity contribution in [3.63, 3.8) is 0 Å². The minimum absolute atomic E-state index is 0. The van der Waals surface area contributed by atoms with E-state index in [2.05, 4.69) is 5.32 Å². The van der Waals surface area contributed by atoms with Gasteiger partial charge in [-0.15, -0.1) is 12.4 Å². The van der Waals surface area contributed by atoms with Crippen LogP contribution in [0.1, 0.15) is 59.3 Å².